The summed E-state index contributed by atoms with van der Waals surface area (Å²) in [5, 5.41) is 13.0. The average Bonchev–Trinajstić information content (AvgIpc) is 2.76. The Labute approximate surface area is 132 Å². The minimum atomic E-state index is -0.871. The number of carbonyl (C=O) groups is 1. The zero-order valence-corrected chi connectivity index (χ0v) is 13.5. The van der Waals surface area contributed by atoms with Gasteiger partial charge in [0.05, 0.1) is 12.0 Å². The third-order valence-corrected chi connectivity index (χ3v) is 5.66. The van der Waals surface area contributed by atoms with Gasteiger partial charge in [0, 0.05) is 18.1 Å². The lowest BCUT2D eigenvalue weighted by atomic mass is 9.81. The molecule has 2 heterocycles. The van der Waals surface area contributed by atoms with Crippen LogP contribution in [0.25, 0.3) is 0 Å². The molecule has 3 rings (SSSR count). The molecule has 2 saturated heterocycles. The zero-order chi connectivity index (χ0) is 15.7. The molecule has 4 heteroatoms. The Morgan fingerprint density at radius 3 is 2.41 bits per heavy atom. The number of rotatable bonds is 4. The second-order valence-electron chi connectivity index (χ2n) is 7.05. The van der Waals surface area contributed by atoms with Gasteiger partial charge in [-0.2, -0.15) is 0 Å². The highest BCUT2D eigenvalue weighted by atomic mass is 16.3. The predicted octanol–water partition coefficient (Wildman–Crippen LogP) is 1.68. The van der Waals surface area contributed by atoms with E-state index in [0.29, 0.717) is 12.1 Å². The Kier molecular flexibility index (Phi) is 4.24. The van der Waals surface area contributed by atoms with Gasteiger partial charge in [-0.1, -0.05) is 30.3 Å². The van der Waals surface area contributed by atoms with Gasteiger partial charge in [0.15, 0.2) is 0 Å². The summed E-state index contributed by atoms with van der Waals surface area (Å²) in [5.41, 5.74) is -0.00480. The van der Waals surface area contributed by atoms with E-state index < -0.39 is 5.41 Å². The number of fused-ring (bicyclic) bond motifs is 2. The Bertz CT molecular complexity index is 519. The van der Waals surface area contributed by atoms with E-state index in [2.05, 4.69) is 17.3 Å². The lowest BCUT2D eigenvalue weighted by molar-refractivity contribution is -0.128. The first-order valence-electron chi connectivity index (χ1n) is 8.24. The molecule has 2 fully saturated rings. The van der Waals surface area contributed by atoms with Crippen molar-refractivity contribution in [3.8, 4) is 0 Å². The number of nitrogens with one attached hydrogen (secondary N) is 1. The van der Waals surface area contributed by atoms with Crippen LogP contribution in [-0.4, -0.2) is 47.7 Å². The van der Waals surface area contributed by atoms with Crippen molar-refractivity contribution < 1.29 is 9.90 Å². The number of aliphatic hydroxyl groups is 1. The van der Waals surface area contributed by atoms with Gasteiger partial charge in [0.25, 0.3) is 0 Å². The first-order chi connectivity index (χ1) is 10.5. The first kappa shape index (κ1) is 15.5. The molecule has 1 aromatic rings. The second kappa shape index (κ2) is 6.01. The maximum Gasteiger partial charge on any atom is 0.232 e. The summed E-state index contributed by atoms with van der Waals surface area (Å²) in [7, 11) is 2.20. The standard InChI is InChI=1S/C18H26N2O2/c1-18(12-21,13-6-4-3-5-7-13)17(22)19-14-10-15-8-9-16(11-14)20(15)2/h3-7,14-16,21H,8-12H2,1-2H3,(H,19,22). The lowest BCUT2D eigenvalue weighted by Gasteiger charge is -2.38. The molecule has 0 aliphatic carbocycles. The fourth-order valence-corrected chi connectivity index (χ4v) is 3.97. The van der Waals surface area contributed by atoms with E-state index >= 15 is 0 Å². The lowest BCUT2D eigenvalue weighted by Crippen LogP contribution is -2.53. The number of hydrogen-bond donors (Lipinski definition) is 2. The van der Waals surface area contributed by atoms with Gasteiger partial charge < -0.3 is 15.3 Å². The highest BCUT2D eigenvalue weighted by Crippen LogP contribution is 2.34. The summed E-state index contributed by atoms with van der Waals surface area (Å²) in [6.07, 6.45) is 4.52. The quantitative estimate of drug-likeness (QED) is 0.890. The molecule has 1 aromatic carbocycles. The van der Waals surface area contributed by atoms with Crippen molar-refractivity contribution in [1.29, 1.82) is 0 Å². The van der Waals surface area contributed by atoms with E-state index in [1.165, 1.54) is 12.8 Å². The van der Waals surface area contributed by atoms with Crippen LogP contribution < -0.4 is 5.32 Å². The van der Waals surface area contributed by atoms with Gasteiger partial charge in [-0.3, -0.25) is 4.79 Å². The number of carbonyl (C=O) groups excluding carboxylic acids is 1. The highest BCUT2D eigenvalue weighted by molar-refractivity contribution is 5.88. The topological polar surface area (TPSA) is 52.6 Å². The van der Waals surface area contributed by atoms with Gasteiger partial charge in [-0.25, -0.2) is 0 Å². The smallest absolute Gasteiger partial charge is 0.232 e. The molecule has 2 aliphatic rings. The van der Waals surface area contributed by atoms with Crippen LogP contribution in [0.15, 0.2) is 30.3 Å². The van der Waals surface area contributed by atoms with E-state index in [1.54, 1.807) is 0 Å². The largest absolute Gasteiger partial charge is 0.395 e. The fraction of sp³-hybridized carbons (Fsp3) is 0.611. The summed E-state index contributed by atoms with van der Waals surface area (Å²) >= 11 is 0. The van der Waals surface area contributed by atoms with Crippen molar-refractivity contribution in [2.75, 3.05) is 13.7 Å². The number of aliphatic hydroxyl groups excluding tert-OH is 1. The van der Waals surface area contributed by atoms with Crippen molar-refractivity contribution in [3.63, 3.8) is 0 Å². The van der Waals surface area contributed by atoms with Gasteiger partial charge in [0.2, 0.25) is 5.91 Å². The minimum Gasteiger partial charge on any atom is -0.395 e. The van der Waals surface area contributed by atoms with Crippen LogP contribution in [0, 0.1) is 0 Å². The summed E-state index contributed by atoms with van der Waals surface area (Å²) in [6, 6.07) is 11.0. The number of benzene rings is 1. The van der Waals surface area contributed by atoms with Gasteiger partial charge >= 0.3 is 0 Å². The van der Waals surface area contributed by atoms with E-state index in [9.17, 15) is 9.90 Å². The molecule has 22 heavy (non-hydrogen) atoms. The van der Waals surface area contributed by atoms with Gasteiger partial charge in [0.1, 0.15) is 0 Å². The molecule has 0 spiro atoms. The normalized spacial score (nSPS) is 30.8. The summed E-state index contributed by atoms with van der Waals surface area (Å²) in [4.78, 5) is 15.3. The average molecular weight is 302 g/mol. The Morgan fingerprint density at radius 2 is 1.86 bits per heavy atom. The monoisotopic (exact) mass is 302 g/mol. The Morgan fingerprint density at radius 1 is 1.27 bits per heavy atom. The van der Waals surface area contributed by atoms with E-state index in [-0.39, 0.29) is 18.6 Å². The third kappa shape index (κ3) is 2.66. The SMILES string of the molecule is CN1C2CCC1CC(NC(=O)C(C)(CO)c1ccccc1)C2. The number of hydrogen-bond acceptors (Lipinski definition) is 3. The van der Waals surface area contributed by atoms with E-state index in [0.717, 1.165) is 18.4 Å². The molecule has 1 amide bonds. The second-order valence-corrected chi connectivity index (χ2v) is 7.05. The summed E-state index contributed by atoms with van der Waals surface area (Å²) < 4.78 is 0. The first-order valence-corrected chi connectivity index (χ1v) is 8.24. The molecule has 0 saturated carbocycles. The molecule has 2 aliphatic heterocycles. The number of piperidine rings is 1. The van der Waals surface area contributed by atoms with Crippen LogP contribution in [-0.2, 0) is 10.2 Å². The van der Waals surface area contributed by atoms with Crippen LogP contribution >= 0.6 is 0 Å². The van der Waals surface area contributed by atoms with E-state index in [4.69, 9.17) is 0 Å². The predicted molar refractivity (Wildman–Crippen MR) is 86.6 cm³/mol. The summed E-state index contributed by atoms with van der Waals surface area (Å²) in [5.74, 6) is -0.0600. The van der Waals surface area contributed by atoms with Crippen LogP contribution in [0.4, 0.5) is 0 Å². The van der Waals surface area contributed by atoms with Crippen molar-refractivity contribution in [1.82, 2.24) is 10.2 Å². The van der Waals surface area contributed by atoms with Crippen LogP contribution in [0.2, 0.25) is 0 Å². The third-order valence-electron chi connectivity index (χ3n) is 5.66. The van der Waals surface area contributed by atoms with Crippen molar-refractivity contribution >= 4 is 5.91 Å². The molecule has 2 N–H and O–H groups in total. The highest BCUT2D eigenvalue weighted by Gasteiger charge is 2.41. The van der Waals surface area contributed by atoms with Crippen LogP contribution in [0.3, 0.4) is 0 Å². The van der Waals surface area contributed by atoms with Crippen LogP contribution in [0.5, 0.6) is 0 Å². The molecule has 0 radical (unpaired) electrons. The zero-order valence-electron chi connectivity index (χ0n) is 13.5. The molecule has 2 bridgehead atoms. The number of nitrogens with zero attached hydrogens (tertiary/aromatic N) is 1. The van der Waals surface area contributed by atoms with Crippen molar-refractivity contribution in [2.45, 2.75) is 56.1 Å². The van der Waals surface area contributed by atoms with Gasteiger partial charge in [-0.15, -0.1) is 0 Å². The maximum absolute atomic E-state index is 12.8. The molecule has 120 valence electrons. The van der Waals surface area contributed by atoms with Crippen molar-refractivity contribution in [3.05, 3.63) is 35.9 Å². The van der Waals surface area contributed by atoms with Crippen LogP contribution in [0.1, 0.15) is 38.2 Å². The van der Waals surface area contributed by atoms with Crippen molar-refractivity contribution in [2.24, 2.45) is 0 Å². The molecule has 4 nitrogen and oxygen atoms in total. The Hall–Kier alpha value is -1.39. The molecular formula is C18H26N2O2. The van der Waals surface area contributed by atoms with Gasteiger partial charge in [-0.05, 0) is 45.2 Å². The fourth-order valence-electron chi connectivity index (χ4n) is 3.97. The maximum atomic E-state index is 12.8. The minimum absolute atomic E-state index is 0.0600. The molecule has 3 atom stereocenters. The Balaban J connectivity index is 1.71. The molecular weight excluding hydrogens is 276 g/mol. The van der Waals surface area contributed by atoms with E-state index in [1.807, 2.05) is 37.3 Å². The number of amides is 1. The molecule has 3 unspecified atom stereocenters. The molecule has 0 aromatic heterocycles. The summed E-state index contributed by atoms with van der Waals surface area (Å²) in [6.45, 7) is 1.64.